The largest absolute Gasteiger partial charge is 0.465 e. The third kappa shape index (κ3) is 3.68. The first-order valence-corrected chi connectivity index (χ1v) is 6.64. The van der Waals surface area contributed by atoms with Crippen molar-refractivity contribution < 1.29 is 9.53 Å². The molecule has 0 saturated carbocycles. The number of carbonyl (C=O) groups excluding carboxylic acids is 1. The van der Waals surface area contributed by atoms with E-state index in [0.29, 0.717) is 6.61 Å². The first-order valence-electron chi connectivity index (χ1n) is 6.64. The van der Waals surface area contributed by atoms with E-state index in [1.54, 1.807) is 0 Å². The molecule has 1 aliphatic rings. The van der Waals surface area contributed by atoms with Crippen molar-refractivity contribution in [3.05, 3.63) is 0 Å². The van der Waals surface area contributed by atoms with Crippen molar-refractivity contribution in [3.8, 4) is 0 Å². The van der Waals surface area contributed by atoms with Crippen LogP contribution in [0, 0.1) is 5.92 Å². The van der Waals surface area contributed by atoms with Crippen molar-refractivity contribution in [1.29, 1.82) is 0 Å². The van der Waals surface area contributed by atoms with Gasteiger partial charge in [0.25, 0.3) is 0 Å². The van der Waals surface area contributed by atoms with Crippen LogP contribution in [-0.4, -0.2) is 49.7 Å². The summed E-state index contributed by atoms with van der Waals surface area (Å²) in [4.78, 5) is 14.3. The molecule has 1 N–H and O–H groups in total. The van der Waals surface area contributed by atoms with Crippen LogP contribution in [0.25, 0.3) is 0 Å². The number of likely N-dealkylation sites (tertiary alicyclic amines) is 1. The zero-order valence-electron chi connectivity index (χ0n) is 11.6. The van der Waals surface area contributed by atoms with Gasteiger partial charge in [-0.3, -0.25) is 4.79 Å². The summed E-state index contributed by atoms with van der Waals surface area (Å²) in [6.45, 7) is 9.37. The fourth-order valence-electron chi connectivity index (χ4n) is 2.37. The van der Waals surface area contributed by atoms with Crippen LogP contribution in [0.4, 0.5) is 0 Å². The van der Waals surface area contributed by atoms with Crippen molar-refractivity contribution in [2.75, 3.05) is 33.3 Å². The molecule has 1 aliphatic heterocycles. The van der Waals surface area contributed by atoms with Gasteiger partial charge < -0.3 is 15.0 Å². The normalized spacial score (nSPS) is 24.6. The van der Waals surface area contributed by atoms with E-state index in [1.165, 1.54) is 12.8 Å². The Morgan fingerprint density at radius 1 is 1.53 bits per heavy atom. The minimum absolute atomic E-state index is 0.151. The Morgan fingerprint density at radius 3 is 2.71 bits per heavy atom. The van der Waals surface area contributed by atoms with Gasteiger partial charge in [0.1, 0.15) is 5.54 Å². The van der Waals surface area contributed by atoms with Crippen LogP contribution in [0.5, 0.6) is 0 Å². The SMILES string of the molecule is CCOC(=O)C(C)(CN1CCC(CC)C1)NC. The molecule has 2 atom stereocenters. The molecule has 1 heterocycles. The molecule has 0 amide bonds. The van der Waals surface area contributed by atoms with Gasteiger partial charge in [0.15, 0.2) is 0 Å². The highest BCUT2D eigenvalue weighted by molar-refractivity contribution is 5.80. The summed E-state index contributed by atoms with van der Waals surface area (Å²) in [7, 11) is 1.82. The van der Waals surface area contributed by atoms with Crippen molar-refractivity contribution in [1.82, 2.24) is 10.2 Å². The summed E-state index contributed by atoms with van der Waals surface area (Å²) in [6, 6.07) is 0. The van der Waals surface area contributed by atoms with Gasteiger partial charge in [-0.25, -0.2) is 0 Å². The lowest BCUT2D eigenvalue weighted by molar-refractivity contribution is -0.151. The maximum absolute atomic E-state index is 11.9. The van der Waals surface area contributed by atoms with Crippen LogP contribution < -0.4 is 5.32 Å². The Balaban J connectivity index is 2.54. The van der Waals surface area contributed by atoms with Gasteiger partial charge in [0.05, 0.1) is 6.61 Å². The zero-order valence-corrected chi connectivity index (χ0v) is 11.6. The molecule has 100 valence electrons. The molecule has 4 heteroatoms. The predicted octanol–water partition coefficient (Wildman–Crippen LogP) is 1.26. The number of likely N-dealkylation sites (N-methyl/N-ethyl adjacent to an activating group) is 1. The zero-order chi connectivity index (χ0) is 12.9. The minimum atomic E-state index is -0.585. The van der Waals surface area contributed by atoms with Crippen LogP contribution in [0.1, 0.15) is 33.6 Å². The fourth-order valence-corrected chi connectivity index (χ4v) is 2.37. The van der Waals surface area contributed by atoms with Crippen LogP contribution in [0.2, 0.25) is 0 Å². The van der Waals surface area contributed by atoms with Gasteiger partial charge in [-0.05, 0) is 39.8 Å². The fraction of sp³-hybridized carbons (Fsp3) is 0.923. The van der Waals surface area contributed by atoms with E-state index in [-0.39, 0.29) is 5.97 Å². The number of rotatable bonds is 6. The van der Waals surface area contributed by atoms with Crippen LogP contribution >= 0.6 is 0 Å². The van der Waals surface area contributed by atoms with Gasteiger partial charge in [0, 0.05) is 13.1 Å². The number of ether oxygens (including phenoxy) is 1. The molecule has 0 aromatic heterocycles. The maximum Gasteiger partial charge on any atom is 0.327 e. The van der Waals surface area contributed by atoms with Crippen LogP contribution in [0.3, 0.4) is 0 Å². The summed E-state index contributed by atoms with van der Waals surface area (Å²) in [6.07, 6.45) is 2.48. The molecule has 0 spiro atoms. The molecule has 1 fully saturated rings. The molecule has 0 radical (unpaired) electrons. The monoisotopic (exact) mass is 242 g/mol. The smallest absolute Gasteiger partial charge is 0.327 e. The highest BCUT2D eigenvalue weighted by Crippen LogP contribution is 2.21. The van der Waals surface area contributed by atoms with Crippen molar-refractivity contribution >= 4 is 5.97 Å². The van der Waals surface area contributed by atoms with Gasteiger partial charge in [-0.2, -0.15) is 0 Å². The van der Waals surface area contributed by atoms with Gasteiger partial charge in [-0.1, -0.05) is 13.3 Å². The van der Waals surface area contributed by atoms with Gasteiger partial charge >= 0.3 is 5.97 Å². The van der Waals surface area contributed by atoms with Crippen molar-refractivity contribution in [2.24, 2.45) is 5.92 Å². The average molecular weight is 242 g/mol. The number of carbonyl (C=O) groups is 1. The lowest BCUT2D eigenvalue weighted by Gasteiger charge is -2.31. The number of hydrogen-bond acceptors (Lipinski definition) is 4. The summed E-state index contributed by atoms with van der Waals surface area (Å²) in [5, 5.41) is 3.11. The van der Waals surface area contributed by atoms with Crippen molar-refractivity contribution in [3.63, 3.8) is 0 Å². The quantitative estimate of drug-likeness (QED) is 0.712. The average Bonchev–Trinajstić information content (AvgIpc) is 2.76. The molecule has 0 aromatic carbocycles. The molecule has 2 unspecified atom stereocenters. The molecule has 4 nitrogen and oxygen atoms in total. The molecular formula is C13H26N2O2. The number of esters is 1. The van der Waals surface area contributed by atoms with E-state index < -0.39 is 5.54 Å². The number of nitrogens with one attached hydrogen (secondary N) is 1. The second-order valence-corrected chi connectivity index (χ2v) is 5.10. The van der Waals surface area contributed by atoms with Crippen molar-refractivity contribution in [2.45, 2.75) is 39.2 Å². The van der Waals surface area contributed by atoms with Crippen LogP contribution in [-0.2, 0) is 9.53 Å². The van der Waals surface area contributed by atoms with E-state index in [0.717, 1.165) is 25.6 Å². The highest BCUT2D eigenvalue weighted by atomic mass is 16.5. The summed E-state index contributed by atoms with van der Waals surface area (Å²) in [5.74, 6) is 0.640. The number of nitrogens with zero attached hydrogens (tertiary/aromatic N) is 1. The lowest BCUT2D eigenvalue weighted by atomic mass is 10.0. The minimum Gasteiger partial charge on any atom is -0.465 e. The van der Waals surface area contributed by atoms with Crippen LogP contribution in [0.15, 0.2) is 0 Å². The molecule has 0 aliphatic carbocycles. The molecular weight excluding hydrogens is 216 g/mol. The summed E-state index contributed by atoms with van der Waals surface area (Å²) >= 11 is 0. The topological polar surface area (TPSA) is 41.6 Å². The number of hydrogen-bond donors (Lipinski definition) is 1. The second-order valence-electron chi connectivity index (χ2n) is 5.10. The maximum atomic E-state index is 11.9. The van der Waals surface area contributed by atoms with E-state index in [9.17, 15) is 4.79 Å². The third-order valence-corrected chi connectivity index (χ3v) is 3.76. The second kappa shape index (κ2) is 6.36. The molecule has 17 heavy (non-hydrogen) atoms. The van der Waals surface area contributed by atoms with E-state index >= 15 is 0 Å². The first kappa shape index (κ1) is 14.5. The molecule has 0 bridgehead atoms. The predicted molar refractivity (Wildman–Crippen MR) is 68.9 cm³/mol. The van der Waals surface area contributed by atoms with E-state index in [1.807, 2.05) is 20.9 Å². The van der Waals surface area contributed by atoms with E-state index in [2.05, 4.69) is 17.1 Å². The molecule has 1 saturated heterocycles. The standard InChI is InChI=1S/C13H26N2O2/c1-5-11-7-8-15(9-11)10-13(3,14-4)12(16)17-6-2/h11,14H,5-10H2,1-4H3. The Labute approximate surface area is 105 Å². The Hall–Kier alpha value is -0.610. The lowest BCUT2D eigenvalue weighted by Crippen LogP contribution is -2.56. The van der Waals surface area contributed by atoms with E-state index in [4.69, 9.17) is 4.74 Å². The summed E-state index contributed by atoms with van der Waals surface area (Å²) in [5.41, 5.74) is -0.585. The Kier molecular flexibility index (Phi) is 5.40. The van der Waals surface area contributed by atoms with Gasteiger partial charge in [-0.15, -0.1) is 0 Å². The summed E-state index contributed by atoms with van der Waals surface area (Å²) < 4.78 is 5.13. The van der Waals surface area contributed by atoms with Gasteiger partial charge in [0.2, 0.25) is 0 Å². The first-order chi connectivity index (χ1) is 8.05. The highest BCUT2D eigenvalue weighted by Gasteiger charge is 2.36. The third-order valence-electron chi connectivity index (χ3n) is 3.76. The Bertz CT molecular complexity index is 258. The molecule has 1 rings (SSSR count). The Morgan fingerprint density at radius 2 is 2.24 bits per heavy atom. The molecule has 0 aromatic rings.